The van der Waals surface area contributed by atoms with Crippen molar-refractivity contribution in [2.24, 2.45) is 0 Å². The topological polar surface area (TPSA) is 16.3 Å². The van der Waals surface area contributed by atoms with E-state index < -0.39 is 0 Å². The fraction of sp³-hybridized carbons (Fsp3) is 0. The van der Waals surface area contributed by atoms with Gasteiger partial charge in [-0.3, -0.25) is 0 Å². The molecule has 0 saturated heterocycles. The van der Waals surface area contributed by atoms with Gasteiger partial charge in [-0.2, -0.15) is 0 Å². The number of anilines is 6. The molecule has 0 spiro atoms. The van der Waals surface area contributed by atoms with Gasteiger partial charge in [-0.25, -0.2) is 0 Å². The molecule has 11 aromatic carbocycles. The Labute approximate surface area is 441 Å². The SMILES string of the molecule is c1ccc(N2c3ccccc3B3c4cc5c(cc4[Se]c4cc(-n6c7ccccc7c7ccccc76)cc2c43)[Se]c2cc(-n3c4ccccc4c4ccccc43)cc3c2B5c2ccccc2N3c2ccccc2)cc1. The Morgan fingerprint density at radius 1 is 0.257 bits per heavy atom. The van der Waals surface area contributed by atoms with Crippen molar-refractivity contribution < 1.29 is 0 Å². The van der Waals surface area contributed by atoms with Crippen molar-refractivity contribution >= 4 is 172 Å². The molecule has 0 amide bonds. The zero-order valence-corrected chi connectivity index (χ0v) is 43.3. The van der Waals surface area contributed by atoms with E-state index >= 15 is 0 Å². The second-order valence-corrected chi connectivity index (χ2v) is 24.5. The molecule has 0 fully saturated rings. The van der Waals surface area contributed by atoms with Crippen LogP contribution < -0.4 is 60.4 Å². The second kappa shape index (κ2) is 15.7. The predicted octanol–water partition coefficient (Wildman–Crippen LogP) is 8.42. The van der Waals surface area contributed by atoms with E-state index in [-0.39, 0.29) is 43.3 Å². The molecule has 4 aliphatic rings. The van der Waals surface area contributed by atoms with Crippen LogP contribution in [0.25, 0.3) is 55.0 Å². The van der Waals surface area contributed by atoms with Crippen LogP contribution in [0.2, 0.25) is 0 Å². The maximum absolute atomic E-state index is 2.70. The van der Waals surface area contributed by atoms with Crippen LogP contribution in [0, 0.1) is 0 Å². The van der Waals surface area contributed by atoms with Gasteiger partial charge in [-0.05, 0) is 0 Å². The number of nitrogens with zero attached hydrogens (tertiary/aromatic N) is 4. The van der Waals surface area contributed by atoms with Gasteiger partial charge in [0, 0.05) is 0 Å². The van der Waals surface area contributed by atoms with E-state index in [0.717, 1.165) is 0 Å². The average molecular weight is 1070 g/mol. The normalized spacial score (nSPS) is 13.7. The summed E-state index contributed by atoms with van der Waals surface area (Å²) in [5.41, 5.74) is 23.3. The van der Waals surface area contributed by atoms with Crippen LogP contribution >= 0.6 is 0 Å². The molecule has 0 aliphatic carbocycles. The molecule has 342 valence electrons. The minimum absolute atomic E-state index is 0.0231. The van der Waals surface area contributed by atoms with Crippen LogP contribution in [0.5, 0.6) is 0 Å². The number of hydrogen-bond donors (Lipinski definition) is 0. The van der Waals surface area contributed by atoms with E-state index in [4.69, 9.17) is 0 Å². The van der Waals surface area contributed by atoms with Gasteiger partial charge >= 0.3 is 445 Å². The van der Waals surface area contributed by atoms with Gasteiger partial charge in [0.15, 0.2) is 0 Å². The Bertz CT molecular complexity index is 4150. The quantitative estimate of drug-likeness (QED) is 0.165. The van der Waals surface area contributed by atoms with Crippen LogP contribution in [0.3, 0.4) is 0 Å². The summed E-state index contributed by atoms with van der Waals surface area (Å²) >= 11 is 0.0462. The first-order chi connectivity index (χ1) is 36.7. The molecule has 0 N–H and O–H groups in total. The molecular weight excluding hydrogens is 1030 g/mol. The fourth-order valence-corrected chi connectivity index (χ4v) is 18.7. The molecular formula is C66H40B2N4Se2. The van der Waals surface area contributed by atoms with Gasteiger partial charge < -0.3 is 0 Å². The van der Waals surface area contributed by atoms with Crippen molar-refractivity contribution in [3.8, 4) is 11.4 Å². The third-order valence-corrected chi connectivity index (χ3v) is 20.9. The first kappa shape index (κ1) is 41.3. The number of fused-ring (bicyclic) bond motifs is 14. The summed E-state index contributed by atoms with van der Waals surface area (Å²) in [7, 11) is 0. The van der Waals surface area contributed by atoms with Crippen LogP contribution in [0.15, 0.2) is 243 Å². The molecule has 6 heterocycles. The van der Waals surface area contributed by atoms with Gasteiger partial charge in [-0.15, -0.1) is 0 Å². The molecule has 0 radical (unpaired) electrons. The maximum atomic E-state index is 2.70. The molecule has 2 aromatic heterocycles. The molecule has 8 heteroatoms. The first-order valence-electron chi connectivity index (χ1n) is 25.5. The number of hydrogen-bond acceptors (Lipinski definition) is 2. The number of benzene rings is 11. The molecule has 4 nitrogen and oxygen atoms in total. The van der Waals surface area contributed by atoms with Crippen molar-refractivity contribution in [3.63, 3.8) is 0 Å². The summed E-state index contributed by atoms with van der Waals surface area (Å²) in [5.74, 6) is 0. The summed E-state index contributed by atoms with van der Waals surface area (Å²) in [4.78, 5) is 5.11. The fourth-order valence-electron chi connectivity index (χ4n) is 13.2. The Balaban J connectivity index is 0.921. The van der Waals surface area contributed by atoms with Gasteiger partial charge in [0.25, 0.3) is 0 Å². The standard InChI is InChI=1S/C66H40B2N4Se2/c1-3-19-41(20-4-1)69-57-33-17-11-27-49(57)67-51-39-52-62(40-61(51)73-63-37-43(35-59(69)65(63)67)71-53-29-13-7-23-45(53)46-24-8-14-30-54(46)71)74-64-38-44(72-55-31-15-9-25-47(55)48-26-10-16-32-56(48)72)36-60-66(64)68(52)50-28-12-18-34-58(50)70(60)42-21-5-2-6-22-42/h1-40H. The summed E-state index contributed by atoms with van der Waals surface area (Å²) in [6.45, 7) is 0.148. The number of aromatic nitrogens is 2. The first-order valence-corrected chi connectivity index (χ1v) is 28.9. The third-order valence-electron chi connectivity index (χ3n) is 16.2. The Morgan fingerprint density at radius 2 is 0.608 bits per heavy atom. The van der Waals surface area contributed by atoms with Crippen molar-refractivity contribution in [2.75, 3.05) is 9.80 Å². The Morgan fingerprint density at radius 3 is 1.01 bits per heavy atom. The van der Waals surface area contributed by atoms with E-state index in [1.165, 1.54) is 140 Å². The van der Waals surface area contributed by atoms with Gasteiger partial charge in [0.05, 0.1) is 0 Å². The Hall–Kier alpha value is -8.21. The van der Waals surface area contributed by atoms with Gasteiger partial charge in [-0.1, -0.05) is 0 Å². The van der Waals surface area contributed by atoms with Crippen LogP contribution in [0.4, 0.5) is 34.1 Å². The van der Waals surface area contributed by atoms with Gasteiger partial charge in [0.2, 0.25) is 0 Å². The molecule has 4 aliphatic heterocycles. The van der Waals surface area contributed by atoms with Crippen molar-refractivity contribution in [2.45, 2.75) is 0 Å². The summed E-state index contributed by atoms with van der Waals surface area (Å²) in [5, 5.41) is 5.12. The number of rotatable bonds is 4. The molecule has 74 heavy (non-hydrogen) atoms. The number of para-hydroxylation sites is 8. The molecule has 0 bridgehead atoms. The molecule has 13 aromatic rings. The predicted molar refractivity (Wildman–Crippen MR) is 317 cm³/mol. The minimum atomic E-state index is 0.0231. The molecule has 0 atom stereocenters. The van der Waals surface area contributed by atoms with E-state index in [9.17, 15) is 0 Å². The van der Waals surface area contributed by atoms with Gasteiger partial charge in [0.1, 0.15) is 0 Å². The van der Waals surface area contributed by atoms with Crippen molar-refractivity contribution in [1.29, 1.82) is 0 Å². The molecule has 17 rings (SSSR count). The van der Waals surface area contributed by atoms with Crippen LogP contribution in [-0.2, 0) is 0 Å². The Kier molecular flexibility index (Phi) is 8.73. The molecule has 0 unspecified atom stereocenters. The monoisotopic (exact) mass is 1070 g/mol. The third kappa shape index (κ3) is 5.71. The molecule has 0 saturated carbocycles. The average Bonchev–Trinajstić information content (AvgIpc) is 4.01. The second-order valence-electron chi connectivity index (χ2n) is 20.0. The zero-order valence-electron chi connectivity index (χ0n) is 39.9. The zero-order chi connectivity index (χ0) is 48.2. The summed E-state index contributed by atoms with van der Waals surface area (Å²) in [6.07, 6.45) is 0. The van der Waals surface area contributed by atoms with E-state index in [1.54, 1.807) is 0 Å². The van der Waals surface area contributed by atoms with Crippen LogP contribution in [-0.4, -0.2) is 52.5 Å². The van der Waals surface area contributed by atoms with Crippen LogP contribution in [0.1, 0.15) is 0 Å². The van der Waals surface area contributed by atoms with E-state index in [0.29, 0.717) is 0 Å². The van der Waals surface area contributed by atoms with Crippen molar-refractivity contribution in [3.05, 3.63) is 243 Å². The van der Waals surface area contributed by atoms with E-state index in [2.05, 4.69) is 262 Å². The van der Waals surface area contributed by atoms with Crippen molar-refractivity contribution in [1.82, 2.24) is 9.13 Å². The van der Waals surface area contributed by atoms with E-state index in [1.807, 2.05) is 0 Å². The summed E-state index contributed by atoms with van der Waals surface area (Å²) in [6, 6.07) is 91.8. The summed E-state index contributed by atoms with van der Waals surface area (Å²) < 4.78 is 11.0.